The molecule has 1 fully saturated rings. The molecule has 1 heterocycles. The fraction of sp³-hybridized carbons (Fsp3) is 0.533. The first-order valence-corrected chi connectivity index (χ1v) is 6.85. The lowest BCUT2D eigenvalue weighted by molar-refractivity contribution is -0.123. The normalized spacial score (nSPS) is 19.1. The highest BCUT2D eigenvalue weighted by molar-refractivity contribution is 6.01. The first-order chi connectivity index (χ1) is 9.06. The molecule has 1 aliphatic heterocycles. The summed E-state index contributed by atoms with van der Waals surface area (Å²) in [6, 6.07) is 7.73. The molecule has 0 unspecified atom stereocenters. The Balaban J connectivity index is 2.36. The van der Waals surface area contributed by atoms with Crippen LogP contribution in [0.5, 0.6) is 5.75 Å². The van der Waals surface area contributed by atoms with Gasteiger partial charge in [0.15, 0.2) is 0 Å². The van der Waals surface area contributed by atoms with Gasteiger partial charge in [0, 0.05) is 6.54 Å². The van der Waals surface area contributed by atoms with Crippen LogP contribution in [0.2, 0.25) is 0 Å². The number of anilines is 1. The third-order valence-electron chi connectivity index (χ3n) is 3.36. The maximum atomic E-state index is 12.6. The van der Waals surface area contributed by atoms with Crippen molar-refractivity contribution in [3.05, 3.63) is 24.3 Å². The highest BCUT2D eigenvalue weighted by atomic mass is 16.5. The largest absolute Gasteiger partial charge is 0.492 e. The van der Waals surface area contributed by atoms with E-state index in [1.807, 2.05) is 49.9 Å². The zero-order valence-electron chi connectivity index (χ0n) is 11.9. The Bertz CT molecular complexity index is 457. The number of hydrogen-bond acceptors (Lipinski definition) is 3. The van der Waals surface area contributed by atoms with Crippen LogP contribution in [0.3, 0.4) is 0 Å². The Morgan fingerprint density at radius 2 is 2.11 bits per heavy atom. The van der Waals surface area contributed by atoms with Gasteiger partial charge < -0.3 is 15.0 Å². The topological polar surface area (TPSA) is 41.6 Å². The molecule has 0 spiro atoms. The van der Waals surface area contributed by atoms with Gasteiger partial charge in [-0.15, -0.1) is 0 Å². The summed E-state index contributed by atoms with van der Waals surface area (Å²) in [7, 11) is 0. The van der Waals surface area contributed by atoms with Crippen molar-refractivity contribution in [3.8, 4) is 5.75 Å². The second kappa shape index (κ2) is 5.61. The highest BCUT2D eigenvalue weighted by Gasteiger charge is 2.35. The zero-order chi connectivity index (χ0) is 13.9. The van der Waals surface area contributed by atoms with Gasteiger partial charge in [-0.3, -0.25) is 4.79 Å². The van der Waals surface area contributed by atoms with E-state index in [0.29, 0.717) is 6.61 Å². The maximum absolute atomic E-state index is 12.6. The van der Waals surface area contributed by atoms with Gasteiger partial charge in [0.25, 0.3) is 0 Å². The summed E-state index contributed by atoms with van der Waals surface area (Å²) in [6.07, 6.45) is 0.940. The summed E-state index contributed by atoms with van der Waals surface area (Å²) in [6.45, 7) is 7.98. The van der Waals surface area contributed by atoms with Gasteiger partial charge in [0.05, 0.1) is 17.8 Å². The number of benzene rings is 1. The quantitative estimate of drug-likeness (QED) is 0.908. The average Bonchev–Trinajstić information content (AvgIpc) is 2.51. The van der Waals surface area contributed by atoms with Crippen molar-refractivity contribution in [2.24, 2.45) is 0 Å². The molecule has 0 atom stereocenters. The highest BCUT2D eigenvalue weighted by Crippen LogP contribution is 2.30. The molecule has 1 aromatic rings. The summed E-state index contributed by atoms with van der Waals surface area (Å²) in [4.78, 5) is 14.5. The van der Waals surface area contributed by atoms with Crippen molar-refractivity contribution < 1.29 is 9.53 Å². The van der Waals surface area contributed by atoms with Crippen LogP contribution in [0.1, 0.15) is 27.2 Å². The first kappa shape index (κ1) is 13.9. The smallest absolute Gasteiger partial charge is 0.246 e. The second-order valence-corrected chi connectivity index (χ2v) is 5.26. The minimum Gasteiger partial charge on any atom is -0.492 e. The van der Waals surface area contributed by atoms with Gasteiger partial charge in [-0.1, -0.05) is 12.1 Å². The standard InChI is InChI=1S/C15H22N2O2/c1-4-19-13-9-6-5-8-12(13)17-11-7-10-16-15(2,3)14(17)18/h5-6,8-9,16H,4,7,10-11H2,1-3H3. The molecule has 4 heteroatoms. The van der Waals surface area contributed by atoms with E-state index in [-0.39, 0.29) is 5.91 Å². The van der Waals surface area contributed by atoms with Gasteiger partial charge in [-0.05, 0) is 45.9 Å². The summed E-state index contributed by atoms with van der Waals surface area (Å²) in [5.74, 6) is 0.869. The molecule has 0 aliphatic carbocycles. The molecule has 19 heavy (non-hydrogen) atoms. The van der Waals surface area contributed by atoms with Crippen LogP contribution in [-0.2, 0) is 4.79 Å². The third kappa shape index (κ3) is 2.89. The van der Waals surface area contributed by atoms with E-state index in [4.69, 9.17) is 4.74 Å². The molecule has 4 nitrogen and oxygen atoms in total. The Morgan fingerprint density at radius 1 is 1.37 bits per heavy atom. The lowest BCUT2D eigenvalue weighted by atomic mass is 10.0. The van der Waals surface area contributed by atoms with Gasteiger partial charge in [-0.25, -0.2) is 0 Å². The first-order valence-electron chi connectivity index (χ1n) is 6.85. The van der Waals surface area contributed by atoms with Crippen LogP contribution in [-0.4, -0.2) is 31.1 Å². The van der Waals surface area contributed by atoms with E-state index >= 15 is 0 Å². The zero-order valence-corrected chi connectivity index (χ0v) is 11.9. The molecule has 0 radical (unpaired) electrons. The molecule has 1 aromatic carbocycles. The molecule has 1 saturated heterocycles. The molecule has 0 aromatic heterocycles. The molecule has 0 saturated carbocycles. The minimum atomic E-state index is -0.532. The number of para-hydroxylation sites is 2. The number of amides is 1. The summed E-state index contributed by atoms with van der Waals surface area (Å²) < 4.78 is 5.63. The second-order valence-electron chi connectivity index (χ2n) is 5.26. The predicted octanol–water partition coefficient (Wildman–Crippen LogP) is 2.19. The number of rotatable bonds is 3. The lowest BCUT2D eigenvalue weighted by Gasteiger charge is -2.30. The van der Waals surface area contributed by atoms with E-state index in [2.05, 4.69) is 5.32 Å². The van der Waals surface area contributed by atoms with Gasteiger partial charge in [0.2, 0.25) is 5.91 Å². The van der Waals surface area contributed by atoms with Crippen LogP contribution in [0.15, 0.2) is 24.3 Å². The summed E-state index contributed by atoms with van der Waals surface area (Å²) >= 11 is 0. The van der Waals surface area contributed by atoms with Crippen LogP contribution in [0, 0.1) is 0 Å². The SMILES string of the molecule is CCOc1ccccc1N1CCCNC(C)(C)C1=O. The molecule has 0 bridgehead atoms. The van der Waals surface area contributed by atoms with Crippen LogP contribution in [0.4, 0.5) is 5.69 Å². The fourth-order valence-corrected chi connectivity index (χ4v) is 2.34. The Morgan fingerprint density at radius 3 is 2.84 bits per heavy atom. The van der Waals surface area contributed by atoms with Crippen LogP contribution < -0.4 is 15.0 Å². The molecule has 1 amide bonds. The van der Waals surface area contributed by atoms with E-state index in [1.165, 1.54) is 0 Å². The Labute approximate surface area is 114 Å². The van der Waals surface area contributed by atoms with E-state index in [9.17, 15) is 4.79 Å². The van der Waals surface area contributed by atoms with Gasteiger partial charge >= 0.3 is 0 Å². The maximum Gasteiger partial charge on any atom is 0.246 e. The monoisotopic (exact) mass is 262 g/mol. The van der Waals surface area contributed by atoms with Crippen molar-refractivity contribution in [3.63, 3.8) is 0 Å². The number of hydrogen-bond donors (Lipinski definition) is 1. The van der Waals surface area contributed by atoms with Crippen molar-refractivity contribution in [1.29, 1.82) is 0 Å². The van der Waals surface area contributed by atoms with E-state index < -0.39 is 5.54 Å². The molecule has 2 rings (SSSR count). The Kier molecular flexibility index (Phi) is 4.10. The fourth-order valence-electron chi connectivity index (χ4n) is 2.34. The molecule has 1 N–H and O–H groups in total. The number of carbonyl (C=O) groups is 1. The molecule has 1 aliphatic rings. The predicted molar refractivity (Wildman–Crippen MR) is 76.7 cm³/mol. The third-order valence-corrected chi connectivity index (χ3v) is 3.36. The van der Waals surface area contributed by atoms with Gasteiger partial charge in [0.1, 0.15) is 5.75 Å². The number of nitrogens with one attached hydrogen (secondary N) is 1. The molecule has 104 valence electrons. The number of ether oxygens (including phenoxy) is 1. The number of nitrogens with zero attached hydrogens (tertiary/aromatic N) is 1. The van der Waals surface area contributed by atoms with Crippen molar-refractivity contribution in [2.45, 2.75) is 32.7 Å². The number of carbonyl (C=O) groups excluding carboxylic acids is 1. The molecular formula is C15H22N2O2. The summed E-state index contributed by atoms with van der Waals surface area (Å²) in [5, 5.41) is 3.29. The minimum absolute atomic E-state index is 0.0946. The Hall–Kier alpha value is -1.55. The van der Waals surface area contributed by atoms with Gasteiger partial charge in [-0.2, -0.15) is 0 Å². The van der Waals surface area contributed by atoms with Crippen molar-refractivity contribution >= 4 is 11.6 Å². The lowest BCUT2D eigenvalue weighted by Crippen LogP contribution is -2.51. The summed E-state index contributed by atoms with van der Waals surface area (Å²) in [5.41, 5.74) is 0.335. The van der Waals surface area contributed by atoms with Crippen molar-refractivity contribution in [1.82, 2.24) is 5.32 Å². The van der Waals surface area contributed by atoms with Crippen LogP contribution >= 0.6 is 0 Å². The van der Waals surface area contributed by atoms with Crippen LogP contribution in [0.25, 0.3) is 0 Å². The molecular weight excluding hydrogens is 240 g/mol. The van der Waals surface area contributed by atoms with E-state index in [1.54, 1.807) is 0 Å². The van der Waals surface area contributed by atoms with Crippen molar-refractivity contribution in [2.75, 3.05) is 24.6 Å². The average molecular weight is 262 g/mol. The van der Waals surface area contributed by atoms with E-state index in [0.717, 1.165) is 30.9 Å².